The first-order valence-corrected chi connectivity index (χ1v) is 21.7. The van der Waals surface area contributed by atoms with Crippen LogP contribution in [0, 0.1) is 0 Å². The van der Waals surface area contributed by atoms with E-state index in [1.807, 2.05) is 134 Å². The number of hydrogen-bond acceptors (Lipinski definition) is 6. The number of hydrogen-bond donors (Lipinski definition) is 2. The fraction of sp³-hybridized carbons (Fsp3) is 0.231. The Morgan fingerprint density at radius 1 is 0.422 bits per heavy atom. The van der Waals surface area contributed by atoms with Crippen molar-refractivity contribution in [1.29, 1.82) is 0 Å². The smallest absolute Gasteiger partial charge is 0.166 e. The van der Waals surface area contributed by atoms with Gasteiger partial charge in [-0.05, 0) is 128 Å². The topological polar surface area (TPSA) is 145 Å². The van der Waals surface area contributed by atoms with Crippen molar-refractivity contribution >= 4 is 71.5 Å². The summed E-state index contributed by atoms with van der Waals surface area (Å²) in [7, 11) is 0. The van der Waals surface area contributed by atoms with Crippen molar-refractivity contribution in [2.75, 3.05) is 0 Å². The van der Waals surface area contributed by atoms with Gasteiger partial charge in [0.1, 0.15) is 0 Å². The number of nitrogens with zero attached hydrogens (tertiary/aromatic N) is 6. The van der Waals surface area contributed by atoms with Crippen LogP contribution in [0.3, 0.4) is 0 Å². The van der Waals surface area contributed by atoms with Gasteiger partial charge in [0.05, 0.1) is 56.6 Å². The normalized spacial score (nSPS) is 12.4. The van der Waals surface area contributed by atoms with Gasteiger partial charge in [0.2, 0.25) is 0 Å². The van der Waals surface area contributed by atoms with Gasteiger partial charge in [-0.3, -0.25) is 19.2 Å². The number of carbonyl (C=O) groups is 4. The Bertz CT molecular complexity index is 3060. The van der Waals surface area contributed by atoms with Gasteiger partial charge in [0, 0.05) is 104 Å². The molecule has 9 rings (SSSR count). The number of nitrogens with one attached hydrogen (secondary N) is 2. The van der Waals surface area contributed by atoms with E-state index in [1.165, 1.54) is 0 Å². The van der Waals surface area contributed by atoms with Crippen LogP contribution in [0.2, 0.25) is 0 Å². The highest BCUT2D eigenvalue weighted by atomic mass is 16.1. The van der Waals surface area contributed by atoms with E-state index < -0.39 is 0 Å². The maximum absolute atomic E-state index is 12.5. The lowest BCUT2D eigenvalue weighted by molar-refractivity contribution is 0.110. The second-order valence-corrected chi connectivity index (χ2v) is 17.6. The molecule has 0 aliphatic carbocycles. The molecule has 12 heteroatoms. The standard InChI is InChI=1S/C52H50N8O4/c1-29(2)57-23-35(19-37(57)27-63)49-39-9-10-40(53-39)50(36-20-38(28-64)58(24-36)30(3)4)42-12-14-44(55-42)52(48-18-34(26-62)22-60(48)32(7)8)46-16-15-45(56-46)51(43-13-11-41(49)54-43)47-17-33(25-61)21-59(47)31(5)6/h9-32,54-55H,1-8H3. The number of H-pyrrole nitrogens is 2. The third-order valence-electron chi connectivity index (χ3n) is 12.1. The molecular weight excluding hydrogens is 801 g/mol. The summed E-state index contributed by atoms with van der Waals surface area (Å²) in [4.78, 5) is 68.0. The molecule has 0 atom stereocenters. The molecule has 7 aromatic rings. The number of aromatic nitrogens is 8. The van der Waals surface area contributed by atoms with E-state index in [0.717, 1.165) is 92.0 Å². The molecule has 0 unspecified atom stereocenters. The lowest BCUT2D eigenvalue weighted by atomic mass is 10.1. The molecule has 0 amide bonds. The van der Waals surface area contributed by atoms with E-state index in [2.05, 4.69) is 46.8 Å². The Hall–Kier alpha value is -7.60. The predicted octanol–water partition coefficient (Wildman–Crippen LogP) is 12.1. The highest BCUT2D eigenvalue weighted by molar-refractivity contribution is 6.00. The minimum Gasteiger partial charge on any atom is -0.354 e. The summed E-state index contributed by atoms with van der Waals surface area (Å²) in [5, 5.41) is 0. The van der Waals surface area contributed by atoms with Gasteiger partial charge in [-0.1, -0.05) is 0 Å². The average molecular weight is 851 g/mol. The summed E-state index contributed by atoms with van der Waals surface area (Å²) in [6, 6.07) is 15.7. The predicted molar refractivity (Wildman–Crippen MR) is 256 cm³/mol. The van der Waals surface area contributed by atoms with Gasteiger partial charge >= 0.3 is 0 Å². The van der Waals surface area contributed by atoms with E-state index in [1.54, 1.807) is 0 Å². The minimum atomic E-state index is 0.00749. The highest BCUT2D eigenvalue weighted by Gasteiger charge is 2.24. The maximum atomic E-state index is 12.5. The van der Waals surface area contributed by atoms with Gasteiger partial charge in [0.25, 0.3) is 0 Å². The minimum absolute atomic E-state index is 0.00749. The zero-order valence-corrected chi connectivity index (χ0v) is 37.2. The summed E-state index contributed by atoms with van der Waals surface area (Å²) < 4.78 is 8.09. The Labute approximate surface area is 370 Å². The van der Waals surface area contributed by atoms with Gasteiger partial charge in [0.15, 0.2) is 25.1 Å². The molecular formula is C52H50N8O4. The van der Waals surface area contributed by atoms with Gasteiger partial charge in [-0.15, -0.1) is 0 Å². The van der Waals surface area contributed by atoms with Crippen LogP contribution >= 0.6 is 0 Å². The van der Waals surface area contributed by atoms with E-state index in [9.17, 15) is 19.2 Å². The summed E-state index contributed by atoms with van der Waals surface area (Å²) in [5.41, 5.74) is 14.2. The first kappa shape index (κ1) is 41.7. The van der Waals surface area contributed by atoms with Crippen molar-refractivity contribution in [3.63, 3.8) is 0 Å². The van der Waals surface area contributed by atoms with Crippen LogP contribution in [0.1, 0.15) is 144 Å². The van der Waals surface area contributed by atoms with Crippen LogP contribution in [-0.4, -0.2) is 63.3 Å². The molecule has 7 aromatic heterocycles. The van der Waals surface area contributed by atoms with Crippen molar-refractivity contribution in [1.82, 2.24) is 38.2 Å². The molecule has 0 radical (unpaired) electrons. The van der Waals surface area contributed by atoms with Crippen LogP contribution in [-0.2, 0) is 0 Å². The molecule has 0 spiro atoms. The molecule has 2 N–H and O–H groups in total. The monoisotopic (exact) mass is 850 g/mol. The first-order chi connectivity index (χ1) is 30.8. The molecule has 0 fully saturated rings. The van der Waals surface area contributed by atoms with Crippen molar-refractivity contribution in [3.05, 3.63) is 119 Å². The van der Waals surface area contributed by atoms with Gasteiger partial charge < -0.3 is 28.2 Å². The SMILES string of the molecule is CC(C)n1cc(-c2c3nc(c(-c4cc(C=O)n(C(C)C)c4)c4ccc([nH]4)c(-c4cc(C=O)cn4C(C)C)c4nc(c(-c5cc(C=O)cn5C(C)C)c5ccc2[nH]5)C=C4)C=C3)cc1C=O. The van der Waals surface area contributed by atoms with E-state index in [-0.39, 0.29) is 24.2 Å². The average Bonchev–Trinajstić information content (AvgIpc) is 4.12. The Morgan fingerprint density at radius 2 is 0.750 bits per heavy atom. The number of rotatable bonds is 12. The van der Waals surface area contributed by atoms with E-state index >= 15 is 0 Å². The third-order valence-corrected chi connectivity index (χ3v) is 12.1. The number of aromatic amines is 2. The summed E-state index contributed by atoms with van der Waals surface area (Å²) in [5.74, 6) is 0. The number of fused-ring (bicyclic) bond motifs is 8. The van der Waals surface area contributed by atoms with Crippen LogP contribution in [0.15, 0.2) is 73.3 Å². The summed E-state index contributed by atoms with van der Waals surface area (Å²) in [6.45, 7) is 16.5. The fourth-order valence-corrected chi connectivity index (χ4v) is 9.09. The molecule has 9 heterocycles. The molecule has 2 aliphatic rings. The van der Waals surface area contributed by atoms with E-state index in [0.29, 0.717) is 45.3 Å². The number of carbonyl (C=O) groups excluding carboxylic acids is 4. The van der Waals surface area contributed by atoms with Crippen LogP contribution in [0.25, 0.3) is 91.1 Å². The fourth-order valence-electron chi connectivity index (χ4n) is 9.09. The summed E-state index contributed by atoms with van der Waals surface area (Å²) >= 11 is 0. The maximum Gasteiger partial charge on any atom is 0.166 e. The van der Waals surface area contributed by atoms with Gasteiger partial charge in [-0.25, -0.2) is 9.97 Å². The molecule has 8 bridgehead atoms. The highest BCUT2D eigenvalue weighted by Crippen LogP contribution is 2.41. The molecule has 0 saturated heterocycles. The lowest BCUT2D eigenvalue weighted by Gasteiger charge is -2.14. The zero-order chi connectivity index (χ0) is 45.1. The van der Waals surface area contributed by atoms with Crippen LogP contribution < -0.4 is 0 Å². The van der Waals surface area contributed by atoms with Crippen LogP contribution in [0.4, 0.5) is 0 Å². The molecule has 64 heavy (non-hydrogen) atoms. The van der Waals surface area contributed by atoms with Gasteiger partial charge in [-0.2, -0.15) is 0 Å². The molecule has 322 valence electrons. The zero-order valence-electron chi connectivity index (χ0n) is 37.2. The molecule has 0 saturated carbocycles. The van der Waals surface area contributed by atoms with Crippen molar-refractivity contribution in [2.24, 2.45) is 0 Å². The lowest BCUT2D eigenvalue weighted by Crippen LogP contribution is -2.03. The quantitative estimate of drug-likeness (QED) is 0.117. The second kappa shape index (κ2) is 16.3. The third kappa shape index (κ3) is 7.04. The first-order valence-electron chi connectivity index (χ1n) is 21.7. The Balaban J connectivity index is 1.50. The molecule has 12 nitrogen and oxygen atoms in total. The Kier molecular flexibility index (Phi) is 10.6. The molecule has 2 aliphatic heterocycles. The van der Waals surface area contributed by atoms with Crippen LogP contribution in [0.5, 0.6) is 0 Å². The Morgan fingerprint density at radius 3 is 1.05 bits per heavy atom. The van der Waals surface area contributed by atoms with Crippen molar-refractivity contribution in [2.45, 2.75) is 79.6 Å². The molecule has 0 aromatic carbocycles. The summed E-state index contributed by atoms with van der Waals surface area (Å²) in [6.07, 6.45) is 19.2. The largest absolute Gasteiger partial charge is 0.354 e. The van der Waals surface area contributed by atoms with Crippen molar-refractivity contribution in [3.8, 4) is 44.8 Å². The van der Waals surface area contributed by atoms with E-state index in [4.69, 9.17) is 9.97 Å². The van der Waals surface area contributed by atoms with Crippen molar-refractivity contribution < 1.29 is 19.2 Å². The number of aldehydes is 4. The second-order valence-electron chi connectivity index (χ2n) is 17.6.